The van der Waals surface area contributed by atoms with Crippen molar-refractivity contribution in [1.29, 1.82) is 0 Å². The molecule has 0 radical (unpaired) electrons. The molecule has 0 saturated carbocycles. The Bertz CT molecular complexity index is 891. The van der Waals surface area contributed by atoms with E-state index >= 15 is 0 Å². The highest BCUT2D eigenvalue weighted by atomic mass is 16.3. The van der Waals surface area contributed by atoms with E-state index in [0.717, 1.165) is 22.4 Å². The Morgan fingerprint density at radius 2 is 1.36 bits per heavy atom. The van der Waals surface area contributed by atoms with Crippen LogP contribution in [0.3, 0.4) is 0 Å². The number of rotatable bonds is 5. The van der Waals surface area contributed by atoms with E-state index in [1.807, 2.05) is 44.2 Å². The highest BCUT2D eigenvalue weighted by Crippen LogP contribution is 2.28. The van der Waals surface area contributed by atoms with Crippen LogP contribution in [0.25, 0.3) is 0 Å². The van der Waals surface area contributed by atoms with Gasteiger partial charge in [-0.25, -0.2) is 0 Å². The van der Waals surface area contributed by atoms with Gasteiger partial charge in [-0.15, -0.1) is 0 Å². The Balaban J connectivity index is 0.00000136. The minimum absolute atomic E-state index is 0.622. The van der Waals surface area contributed by atoms with Crippen molar-refractivity contribution in [2.45, 2.75) is 54.2 Å². The van der Waals surface area contributed by atoms with Crippen LogP contribution in [-0.2, 0) is 6.54 Å². The molecule has 0 bridgehead atoms. The molecule has 1 unspecified atom stereocenters. The molecule has 0 fully saturated rings. The number of anilines is 1. The lowest BCUT2D eigenvalue weighted by Crippen LogP contribution is -2.09. The molecule has 0 aliphatic rings. The van der Waals surface area contributed by atoms with Gasteiger partial charge in [-0.2, -0.15) is 0 Å². The van der Waals surface area contributed by atoms with Crippen LogP contribution in [0.4, 0.5) is 5.69 Å². The van der Waals surface area contributed by atoms with Gasteiger partial charge in [-0.1, -0.05) is 68.4 Å². The van der Waals surface area contributed by atoms with Crippen molar-refractivity contribution in [1.82, 2.24) is 0 Å². The van der Waals surface area contributed by atoms with E-state index in [2.05, 4.69) is 63.3 Å². The molecule has 0 aliphatic carbocycles. The highest BCUT2D eigenvalue weighted by Gasteiger charge is 2.16. The Kier molecular flexibility index (Phi) is 7.83. The number of nitrogens with one attached hydrogen (secondary N) is 1. The third-order valence-corrected chi connectivity index (χ3v) is 5.23. The van der Waals surface area contributed by atoms with Crippen LogP contribution < -0.4 is 5.32 Å². The molecule has 2 N–H and O–H groups in total. The molecule has 0 aliphatic heterocycles. The van der Waals surface area contributed by atoms with Gasteiger partial charge in [0.25, 0.3) is 0 Å². The summed E-state index contributed by atoms with van der Waals surface area (Å²) in [5, 5.41) is 14.5. The number of hydrogen-bond donors (Lipinski definition) is 2. The van der Waals surface area contributed by atoms with Crippen LogP contribution >= 0.6 is 0 Å². The van der Waals surface area contributed by atoms with Crippen molar-refractivity contribution in [3.05, 3.63) is 99.6 Å². The van der Waals surface area contributed by atoms with Crippen LogP contribution in [0.15, 0.2) is 60.7 Å². The van der Waals surface area contributed by atoms with Gasteiger partial charge < -0.3 is 10.4 Å². The van der Waals surface area contributed by atoms with Crippen molar-refractivity contribution in [3.63, 3.8) is 0 Å². The maximum atomic E-state index is 11.0. The minimum atomic E-state index is -0.622. The third-order valence-electron chi connectivity index (χ3n) is 5.23. The third kappa shape index (κ3) is 5.02. The Labute approximate surface area is 170 Å². The van der Waals surface area contributed by atoms with E-state index < -0.39 is 6.10 Å². The fourth-order valence-electron chi connectivity index (χ4n) is 3.33. The Hall–Kier alpha value is -2.58. The number of aliphatic hydroxyl groups excluding tert-OH is 1. The second kappa shape index (κ2) is 10.1. The molecule has 0 saturated heterocycles. The summed E-state index contributed by atoms with van der Waals surface area (Å²) in [6, 6.07) is 20.6. The van der Waals surface area contributed by atoms with Crippen molar-refractivity contribution in [3.8, 4) is 0 Å². The van der Waals surface area contributed by atoms with Gasteiger partial charge in [0.05, 0.1) is 0 Å². The van der Waals surface area contributed by atoms with Crippen molar-refractivity contribution in [2.24, 2.45) is 0 Å². The summed E-state index contributed by atoms with van der Waals surface area (Å²) in [6.07, 6.45) is -0.622. The lowest BCUT2D eigenvalue weighted by Gasteiger charge is -2.19. The van der Waals surface area contributed by atoms with E-state index in [9.17, 15) is 5.11 Å². The van der Waals surface area contributed by atoms with Crippen molar-refractivity contribution >= 4 is 5.69 Å². The molecule has 2 nitrogen and oxygen atoms in total. The number of aryl methyl sites for hydroxylation is 3. The number of hydrogen-bond acceptors (Lipinski definition) is 2. The SMILES string of the molecule is CC.Cc1ccccc1NCc1ccccc1C(O)c1cc(C)c(C)c(C)c1. The van der Waals surface area contributed by atoms with Gasteiger partial charge in [0.2, 0.25) is 0 Å². The van der Waals surface area contributed by atoms with E-state index in [1.165, 1.54) is 22.3 Å². The van der Waals surface area contributed by atoms with Gasteiger partial charge in [0.15, 0.2) is 0 Å². The summed E-state index contributed by atoms with van der Waals surface area (Å²) in [5.41, 5.74) is 9.08. The molecular formula is C26H33NO. The molecule has 2 heteroatoms. The molecule has 148 valence electrons. The van der Waals surface area contributed by atoms with Gasteiger partial charge in [0.1, 0.15) is 6.10 Å². The monoisotopic (exact) mass is 375 g/mol. The van der Waals surface area contributed by atoms with Gasteiger partial charge in [-0.3, -0.25) is 0 Å². The molecule has 3 rings (SSSR count). The first kappa shape index (κ1) is 21.7. The maximum Gasteiger partial charge on any atom is 0.104 e. The molecule has 28 heavy (non-hydrogen) atoms. The predicted octanol–water partition coefficient (Wildman–Crippen LogP) is 6.64. The van der Waals surface area contributed by atoms with Gasteiger partial charge in [0, 0.05) is 12.2 Å². The topological polar surface area (TPSA) is 32.3 Å². The molecular weight excluding hydrogens is 342 g/mol. The van der Waals surface area contributed by atoms with Crippen molar-refractivity contribution in [2.75, 3.05) is 5.32 Å². The summed E-state index contributed by atoms with van der Waals surface area (Å²) in [6.45, 7) is 13.1. The zero-order valence-electron chi connectivity index (χ0n) is 18.0. The molecule has 0 amide bonds. The number of benzene rings is 3. The lowest BCUT2D eigenvalue weighted by atomic mass is 9.92. The zero-order chi connectivity index (χ0) is 20.7. The second-order valence-electron chi connectivity index (χ2n) is 7.05. The normalized spacial score (nSPS) is 11.4. The van der Waals surface area contributed by atoms with Gasteiger partial charge >= 0.3 is 0 Å². The van der Waals surface area contributed by atoms with E-state index in [-0.39, 0.29) is 0 Å². The van der Waals surface area contributed by atoms with Crippen molar-refractivity contribution < 1.29 is 5.11 Å². The number of aliphatic hydroxyl groups is 1. The first-order valence-corrected chi connectivity index (χ1v) is 10.1. The average Bonchev–Trinajstić information content (AvgIpc) is 2.72. The Morgan fingerprint density at radius 1 is 0.786 bits per heavy atom. The Morgan fingerprint density at radius 3 is 2.00 bits per heavy atom. The standard InChI is InChI=1S/C24H27NO.C2H6/c1-16-9-5-8-12-23(16)25-15-20-10-6-7-11-22(20)24(26)21-13-17(2)19(4)18(3)14-21;1-2/h5-14,24-26H,15H2,1-4H3;1-2H3. The smallest absolute Gasteiger partial charge is 0.104 e. The largest absolute Gasteiger partial charge is 0.384 e. The van der Waals surface area contributed by atoms with Gasteiger partial charge in [-0.05, 0) is 72.7 Å². The predicted molar refractivity (Wildman–Crippen MR) is 121 cm³/mol. The van der Waals surface area contributed by atoms with E-state index in [4.69, 9.17) is 0 Å². The van der Waals surface area contributed by atoms with Crippen LogP contribution in [0.5, 0.6) is 0 Å². The average molecular weight is 376 g/mol. The first-order chi connectivity index (χ1) is 13.5. The molecule has 1 atom stereocenters. The zero-order valence-corrected chi connectivity index (χ0v) is 18.0. The van der Waals surface area contributed by atoms with E-state index in [1.54, 1.807) is 0 Å². The molecule has 3 aromatic carbocycles. The summed E-state index contributed by atoms with van der Waals surface area (Å²) < 4.78 is 0. The molecule has 0 heterocycles. The molecule has 0 aromatic heterocycles. The molecule has 3 aromatic rings. The number of para-hydroxylation sites is 1. The summed E-state index contributed by atoms with van der Waals surface area (Å²) in [4.78, 5) is 0. The van der Waals surface area contributed by atoms with Crippen LogP contribution in [0.1, 0.15) is 58.9 Å². The summed E-state index contributed by atoms with van der Waals surface area (Å²) in [7, 11) is 0. The lowest BCUT2D eigenvalue weighted by molar-refractivity contribution is 0.219. The van der Waals surface area contributed by atoms with Crippen LogP contribution in [0, 0.1) is 27.7 Å². The quantitative estimate of drug-likeness (QED) is 0.524. The molecule has 0 spiro atoms. The fourth-order valence-corrected chi connectivity index (χ4v) is 3.33. The van der Waals surface area contributed by atoms with Crippen LogP contribution in [-0.4, -0.2) is 5.11 Å². The van der Waals surface area contributed by atoms with Crippen LogP contribution in [0.2, 0.25) is 0 Å². The van der Waals surface area contributed by atoms with E-state index in [0.29, 0.717) is 6.54 Å². The first-order valence-electron chi connectivity index (χ1n) is 10.1. The second-order valence-corrected chi connectivity index (χ2v) is 7.05. The maximum absolute atomic E-state index is 11.0. The minimum Gasteiger partial charge on any atom is -0.384 e. The fraction of sp³-hybridized carbons (Fsp3) is 0.308. The highest BCUT2D eigenvalue weighted by molar-refractivity contribution is 5.51. The summed E-state index contributed by atoms with van der Waals surface area (Å²) in [5.74, 6) is 0. The summed E-state index contributed by atoms with van der Waals surface area (Å²) >= 11 is 0.